The molecule has 1 aliphatic rings. The number of allylic oxidation sites excluding steroid dienone is 1. The van der Waals surface area contributed by atoms with Crippen LogP contribution in [0.4, 0.5) is 0 Å². The average molecular weight is 130 g/mol. The Morgan fingerprint density at radius 1 is 1.50 bits per heavy atom. The first-order valence-electron chi connectivity index (χ1n) is 2.06. The van der Waals surface area contributed by atoms with E-state index in [1.807, 2.05) is 0 Å². The van der Waals surface area contributed by atoms with E-state index in [1.165, 1.54) is 6.26 Å². The van der Waals surface area contributed by atoms with Crippen molar-refractivity contribution >= 4 is 12.0 Å². The molecule has 0 aromatic rings. The summed E-state index contributed by atoms with van der Waals surface area (Å²) in [6, 6.07) is 0. The van der Waals surface area contributed by atoms with Gasteiger partial charge in [-0.05, 0) is 6.08 Å². The minimum atomic E-state index is 0.521. The highest BCUT2D eigenvalue weighted by atomic mass is 32.2. The van der Waals surface area contributed by atoms with Gasteiger partial charge in [-0.1, -0.05) is 0 Å². The van der Waals surface area contributed by atoms with Gasteiger partial charge in [0.15, 0.2) is 0 Å². The van der Waals surface area contributed by atoms with E-state index in [0.29, 0.717) is 10.7 Å². The summed E-state index contributed by atoms with van der Waals surface area (Å²) in [6.07, 6.45) is 3.11. The maximum absolute atomic E-state index is 5.35. The monoisotopic (exact) mass is 130 g/mol. The van der Waals surface area contributed by atoms with Crippen LogP contribution in [0.5, 0.6) is 0 Å². The van der Waals surface area contributed by atoms with Gasteiger partial charge in [0.25, 0.3) is 0 Å². The van der Waals surface area contributed by atoms with E-state index in [1.54, 1.807) is 6.08 Å². The average Bonchev–Trinajstić information content (AvgIpc) is 1.77. The molecule has 0 bridgehead atoms. The molecule has 8 heavy (non-hydrogen) atoms. The fourth-order valence-corrected chi connectivity index (χ4v) is 0.690. The topological polar surface area (TPSA) is 61.3 Å². The number of rotatable bonds is 0. The van der Waals surface area contributed by atoms with Crippen LogP contribution >= 0.6 is 12.0 Å². The van der Waals surface area contributed by atoms with Crippen LogP contribution in [0, 0.1) is 0 Å². The molecule has 0 aromatic heterocycles. The van der Waals surface area contributed by atoms with E-state index >= 15 is 0 Å². The Balaban J connectivity index is 2.76. The van der Waals surface area contributed by atoms with Gasteiger partial charge in [0, 0.05) is 0 Å². The van der Waals surface area contributed by atoms with Crippen molar-refractivity contribution < 1.29 is 4.18 Å². The predicted molar refractivity (Wildman–Crippen MR) is 33.2 cm³/mol. The highest BCUT2D eigenvalue weighted by Crippen LogP contribution is 2.18. The van der Waals surface area contributed by atoms with Gasteiger partial charge in [-0.3, -0.25) is 0 Å². The minimum Gasteiger partial charge on any atom is -0.427 e. The minimum absolute atomic E-state index is 0.521. The number of nitrogens with two attached hydrogens (primary N) is 2. The van der Waals surface area contributed by atoms with Gasteiger partial charge in [0.2, 0.25) is 0 Å². The normalized spacial score (nSPS) is 18.5. The van der Waals surface area contributed by atoms with Gasteiger partial charge in [0.05, 0.1) is 5.70 Å². The molecule has 1 rings (SSSR count). The molecule has 0 fully saturated rings. The molecule has 0 spiro atoms. The lowest BCUT2D eigenvalue weighted by molar-refractivity contribution is 0.564. The second-order valence-electron chi connectivity index (χ2n) is 1.30. The Morgan fingerprint density at radius 2 is 2.25 bits per heavy atom. The van der Waals surface area contributed by atoms with Gasteiger partial charge in [-0.2, -0.15) is 0 Å². The zero-order chi connectivity index (χ0) is 5.98. The van der Waals surface area contributed by atoms with E-state index in [-0.39, 0.29) is 0 Å². The Kier molecular flexibility index (Phi) is 1.34. The lowest BCUT2D eigenvalue weighted by atomic mass is 10.5. The van der Waals surface area contributed by atoms with Crippen molar-refractivity contribution in [3.8, 4) is 0 Å². The van der Waals surface area contributed by atoms with Crippen molar-refractivity contribution in [1.29, 1.82) is 0 Å². The quantitative estimate of drug-likeness (QED) is 0.462. The molecular formula is C4H6N2OS. The molecule has 1 heterocycles. The molecule has 0 aliphatic carbocycles. The van der Waals surface area contributed by atoms with Crippen molar-refractivity contribution in [2.75, 3.05) is 0 Å². The first-order chi connectivity index (χ1) is 3.80. The van der Waals surface area contributed by atoms with Crippen LogP contribution in [0.2, 0.25) is 0 Å². The zero-order valence-electron chi connectivity index (χ0n) is 4.13. The summed E-state index contributed by atoms with van der Waals surface area (Å²) < 4.78 is 4.73. The molecule has 0 atom stereocenters. The lowest BCUT2D eigenvalue weighted by Crippen LogP contribution is -2.06. The third-order valence-corrected chi connectivity index (χ3v) is 1.35. The molecular weight excluding hydrogens is 124 g/mol. The van der Waals surface area contributed by atoms with Crippen LogP contribution in [0.25, 0.3) is 0 Å². The van der Waals surface area contributed by atoms with Crippen LogP contribution in [-0.2, 0) is 4.18 Å². The summed E-state index contributed by atoms with van der Waals surface area (Å²) in [5.41, 5.74) is 11.2. The first-order valence-corrected chi connectivity index (χ1v) is 2.80. The standard InChI is InChI=1S/C4H6N2OS/c5-3-1-2-7-8-4(3)6/h1-2H,5-6H2. The SMILES string of the molecule is NC1=C(N)SOC=C1. The molecule has 0 amide bonds. The summed E-state index contributed by atoms with van der Waals surface area (Å²) in [6.45, 7) is 0. The Labute approximate surface area is 51.6 Å². The summed E-state index contributed by atoms with van der Waals surface area (Å²) in [5, 5.41) is 0.521. The third kappa shape index (κ3) is 0.894. The Hall–Kier alpha value is -0.770. The zero-order valence-corrected chi connectivity index (χ0v) is 4.94. The largest absolute Gasteiger partial charge is 0.427 e. The Morgan fingerprint density at radius 3 is 2.62 bits per heavy atom. The van der Waals surface area contributed by atoms with Gasteiger partial charge < -0.3 is 15.7 Å². The van der Waals surface area contributed by atoms with E-state index in [2.05, 4.69) is 0 Å². The van der Waals surface area contributed by atoms with Gasteiger partial charge >= 0.3 is 0 Å². The fraction of sp³-hybridized carbons (Fsp3) is 0. The molecule has 0 saturated carbocycles. The Bertz CT molecular complexity index is 152. The highest BCUT2D eigenvalue weighted by molar-refractivity contribution is 7.98. The van der Waals surface area contributed by atoms with Crippen molar-refractivity contribution in [3.05, 3.63) is 23.1 Å². The van der Waals surface area contributed by atoms with Crippen LogP contribution in [0.3, 0.4) is 0 Å². The maximum atomic E-state index is 5.35. The summed E-state index contributed by atoms with van der Waals surface area (Å²) >= 11 is 1.07. The van der Waals surface area contributed by atoms with Crippen LogP contribution in [0.15, 0.2) is 23.1 Å². The van der Waals surface area contributed by atoms with Crippen LogP contribution in [-0.4, -0.2) is 0 Å². The molecule has 1 aliphatic heterocycles. The summed E-state index contributed by atoms with van der Waals surface area (Å²) in [4.78, 5) is 0. The molecule has 3 nitrogen and oxygen atoms in total. The van der Waals surface area contributed by atoms with Gasteiger partial charge in [0.1, 0.15) is 23.3 Å². The van der Waals surface area contributed by atoms with Crippen LogP contribution in [0.1, 0.15) is 0 Å². The highest BCUT2D eigenvalue weighted by Gasteiger charge is 2.00. The second-order valence-corrected chi connectivity index (χ2v) is 2.10. The molecule has 4 heteroatoms. The molecule has 4 N–H and O–H groups in total. The van der Waals surface area contributed by atoms with Gasteiger partial charge in [-0.15, -0.1) is 0 Å². The number of hydrogen-bond acceptors (Lipinski definition) is 4. The van der Waals surface area contributed by atoms with E-state index in [0.717, 1.165) is 12.0 Å². The molecule has 0 saturated heterocycles. The smallest absolute Gasteiger partial charge is 0.130 e. The summed E-state index contributed by atoms with van der Waals surface area (Å²) in [7, 11) is 0. The van der Waals surface area contributed by atoms with Crippen molar-refractivity contribution in [1.82, 2.24) is 0 Å². The van der Waals surface area contributed by atoms with E-state index in [9.17, 15) is 0 Å². The molecule has 0 unspecified atom stereocenters. The third-order valence-electron chi connectivity index (χ3n) is 0.726. The lowest BCUT2D eigenvalue weighted by Gasteiger charge is -2.05. The first kappa shape index (κ1) is 5.37. The van der Waals surface area contributed by atoms with E-state index in [4.69, 9.17) is 15.7 Å². The van der Waals surface area contributed by atoms with Crippen molar-refractivity contribution in [3.63, 3.8) is 0 Å². The molecule has 0 aromatic carbocycles. The van der Waals surface area contributed by atoms with E-state index < -0.39 is 0 Å². The van der Waals surface area contributed by atoms with Crippen LogP contribution < -0.4 is 11.5 Å². The maximum Gasteiger partial charge on any atom is 0.130 e. The second kappa shape index (κ2) is 2.00. The summed E-state index contributed by atoms with van der Waals surface area (Å²) in [5.74, 6) is 0. The van der Waals surface area contributed by atoms with Gasteiger partial charge in [-0.25, -0.2) is 0 Å². The molecule has 0 radical (unpaired) electrons. The fourth-order valence-electron chi connectivity index (χ4n) is 0.311. The van der Waals surface area contributed by atoms with Crippen molar-refractivity contribution in [2.45, 2.75) is 0 Å². The van der Waals surface area contributed by atoms with Crippen molar-refractivity contribution in [2.24, 2.45) is 11.5 Å². The number of hydrogen-bond donors (Lipinski definition) is 2. The predicted octanol–water partition coefficient (Wildman–Crippen LogP) is 0.265. The molecule has 44 valence electrons.